The van der Waals surface area contributed by atoms with Crippen LogP contribution in [-0.4, -0.2) is 5.78 Å². The number of carbonyl (C=O) groups excluding carboxylic acids is 1. The molecule has 0 aliphatic heterocycles. The van der Waals surface area contributed by atoms with Crippen molar-refractivity contribution in [2.24, 2.45) is 0 Å². The molecular formula is C19H24NO+. The lowest BCUT2D eigenvalue weighted by Gasteiger charge is -2.01. The Kier molecular flexibility index (Phi) is 6.14. The number of pyridine rings is 1. The molecule has 1 aromatic carbocycles. The van der Waals surface area contributed by atoms with Crippen LogP contribution < -0.4 is 4.57 Å². The van der Waals surface area contributed by atoms with E-state index in [1.54, 1.807) is 0 Å². The first-order valence-electron chi connectivity index (χ1n) is 7.86. The van der Waals surface area contributed by atoms with E-state index in [2.05, 4.69) is 11.5 Å². The zero-order chi connectivity index (χ0) is 14.9. The van der Waals surface area contributed by atoms with Crippen molar-refractivity contribution < 1.29 is 9.36 Å². The van der Waals surface area contributed by atoms with Crippen LogP contribution in [0.5, 0.6) is 0 Å². The van der Waals surface area contributed by atoms with E-state index >= 15 is 0 Å². The summed E-state index contributed by atoms with van der Waals surface area (Å²) in [5.74, 6) is 0.180. The highest BCUT2D eigenvalue weighted by Gasteiger charge is 2.09. The Hall–Kier alpha value is -1.96. The molecule has 2 rings (SSSR count). The molecule has 0 unspecified atom stereocenters. The van der Waals surface area contributed by atoms with Crippen molar-refractivity contribution in [3.8, 4) is 0 Å². The first kappa shape index (κ1) is 15.4. The maximum Gasteiger partial charge on any atom is 0.169 e. The van der Waals surface area contributed by atoms with Gasteiger partial charge in [0.25, 0.3) is 0 Å². The number of unbranched alkanes of at least 4 members (excludes halogenated alkanes) is 3. The molecule has 0 spiro atoms. The van der Waals surface area contributed by atoms with Gasteiger partial charge in [-0.25, -0.2) is 4.57 Å². The van der Waals surface area contributed by atoms with Gasteiger partial charge >= 0.3 is 0 Å². The quantitative estimate of drug-likeness (QED) is 0.407. The van der Waals surface area contributed by atoms with Crippen LogP contribution in [0.1, 0.15) is 48.5 Å². The van der Waals surface area contributed by atoms with Crippen molar-refractivity contribution >= 4 is 5.78 Å². The molecule has 0 aliphatic carbocycles. The summed E-state index contributed by atoms with van der Waals surface area (Å²) in [5, 5.41) is 0. The van der Waals surface area contributed by atoms with Crippen LogP contribution in [-0.2, 0) is 13.0 Å². The van der Waals surface area contributed by atoms with Crippen LogP contribution in [0.15, 0.2) is 54.9 Å². The van der Waals surface area contributed by atoms with Gasteiger partial charge in [0.05, 0.1) is 0 Å². The zero-order valence-electron chi connectivity index (χ0n) is 12.8. The number of Topliss-reactive ketones (excluding diaryl/α,β-unsaturated/α-hetero) is 1. The van der Waals surface area contributed by atoms with Crippen LogP contribution in [0.4, 0.5) is 0 Å². The van der Waals surface area contributed by atoms with Crippen molar-refractivity contribution in [3.05, 3.63) is 66.0 Å². The Bertz CT molecular complexity index is 546. The molecule has 0 atom stereocenters. The summed E-state index contributed by atoms with van der Waals surface area (Å²) in [6.07, 6.45) is 9.55. The van der Waals surface area contributed by atoms with E-state index < -0.39 is 0 Å². The molecule has 1 heterocycles. The van der Waals surface area contributed by atoms with Crippen molar-refractivity contribution in [2.45, 2.75) is 45.6 Å². The third-order valence-electron chi connectivity index (χ3n) is 3.69. The second-order valence-corrected chi connectivity index (χ2v) is 5.47. The van der Waals surface area contributed by atoms with Gasteiger partial charge in [-0.15, -0.1) is 0 Å². The molecule has 0 N–H and O–H groups in total. The van der Waals surface area contributed by atoms with Crippen molar-refractivity contribution in [3.63, 3.8) is 0 Å². The highest BCUT2D eigenvalue weighted by atomic mass is 16.1. The SMILES string of the molecule is CCCCCC[n+]1ccc(C(=O)Cc2ccccc2)cc1. The van der Waals surface area contributed by atoms with Gasteiger partial charge < -0.3 is 0 Å². The van der Waals surface area contributed by atoms with Crippen molar-refractivity contribution in [2.75, 3.05) is 0 Å². The number of aromatic nitrogens is 1. The van der Waals surface area contributed by atoms with E-state index in [0.717, 1.165) is 17.7 Å². The molecule has 0 fully saturated rings. The van der Waals surface area contributed by atoms with Gasteiger partial charge in [0.1, 0.15) is 6.54 Å². The van der Waals surface area contributed by atoms with Gasteiger partial charge in [-0.3, -0.25) is 4.79 Å². The van der Waals surface area contributed by atoms with Crippen LogP contribution in [0.2, 0.25) is 0 Å². The molecule has 2 aromatic rings. The van der Waals surface area contributed by atoms with Crippen molar-refractivity contribution in [1.82, 2.24) is 0 Å². The maximum absolute atomic E-state index is 12.2. The fourth-order valence-corrected chi connectivity index (χ4v) is 2.40. The molecule has 0 aliphatic rings. The molecule has 0 amide bonds. The van der Waals surface area contributed by atoms with Crippen molar-refractivity contribution in [1.29, 1.82) is 0 Å². The molecule has 0 bridgehead atoms. The minimum atomic E-state index is 0.180. The van der Waals surface area contributed by atoms with E-state index in [0.29, 0.717) is 6.42 Å². The fourth-order valence-electron chi connectivity index (χ4n) is 2.40. The monoisotopic (exact) mass is 282 g/mol. The first-order valence-corrected chi connectivity index (χ1v) is 7.86. The average Bonchev–Trinajstić information content (AvgIpc) is 2.53. The number of benzene rings is 1. The minimum absolute atomic E-state index is 0.180. The zero-order valence-corrected chi connectivity index (χ0v) is 12.8. The largest absolute Gasteiger partial charge is 0.294 e. The van der Waals surface area contributed by atoms with Gasteiger partial charge in [-0.2, -0.15) is 0 Å². The second kappa shape index (κ2) is 8.35. The molecule has 0 saturated heterocycles. The molecule has 0 saturated carbocycles. The van der Waals surface area contributed by atoms with Crippen LogP contribution in [0, 0.1) is 0 Å². The van der Waals surface area contributed by atoms with Gasteiger partial charge in [-0.1, -0.05) is 50.1 Å². The lowest BCUT2D eigenvalue weighted by Crippen LogP contribution is -2.32. The molecule has 1 aromatic heterocycles. The van der Waals surface area contributed by atoms with E-state index in [1.165, 1.54) is 25.7 Å². The van der Waals surface area contributed by atoms with E-state index in [1.807, 2.05) is 54.9 Å². The van der Waals surface area contributed by atoms with E-state index in [-0.39, 0.29) is 5.78 Å². The molecule has 2 heteroatoms. The Labute approximate surface area is 127 Å². The van der Waals surface area contributed by atoms with Crippen LogP contribution in [0.25, 0.3) is 0 Å². The number of carbonyl (C=O) groups is 1. The standard InChI is InChI=1S/C19H24NO/c1-2-3-4-8-13-20-14-11-18(12-15-20)19(21)16-17-9-6-5-7-10-17/h5-7,9-12,14-15H,2-4,8,13,16H2,1H3/q+1. The number of nitrogens with zero attached hydrogens (tertiary/aromatic N) is 1. The summed E-state index contributed by atoms with van der Waals surface area (Å²) in [5.41, 5.74) is 1.86. The average molecular weight is 282 g/mol. The molecule has 2 nitrogen and oxygen atoms in total. The number of rotatable bonds is 8. The summed E-state index contributed by atoms with van der Waals surface area (Å²) in [4.78, 5) is 12.2. The Balaban J connectivity index is 1.88. The summed E-state index contributed by atoms with van der Waals surface area (Å²) in [7, 11) is 0. The summed E-state index contributed by atoms with van der Waals surface area (Å²) < 4.78 is 2.16. The lowest BCUT2D eigenvalue weighted by atomic mass is 10.0. The second-order valence-electron chi connectivity index (χ2n) is 5.47. The molecule has 110 valence electrons. The van der Waals surface area contributed by atoms with Gasteiger partial charge in [0.15, 0.2) is 18.2 Å². The molecule has 21 heavy (non-hydrogen) atoms. The summed E-state index contributed by atoms with van der Waals surface area (Å²) >= 11 is 0. The Morgan fingerprint density at radius 3 is 2.33 bits per heavy atom. The Morgan fingerprint density at radius 1 is 0.952 bits per heavy atom. The van der Waals surface area contributed by atoms with E-state index in [4.69, 9.17) is 0 Å². The van der Waals surface area contributed by atoms with Gasteiger partial charge in [0, 0.05) is 30.5 Å². The maximum atomic E-state index is 12.2. The first-order chi connectivity index (χ1) is 10.3. The highest BCUT2D eigenvalue weighted by Crippen LogP contribution is 2.06. The fraction of sp³-hybridized carbons (Fsp3) is 0.368. The molecular weight excluding hydrogens is 258 g/mol. The number of aryl methyl sites for hydroxylation is 1. The molecule has 0 radical (unpaired) electrons. The third-order valence-corrected chi connectivity index (χ3v) is 3.69. The number of ketones is 1. The third kappa shape index (κ3) is 5.14. The lowest BCUT2D eigenvalue weighted by molar-refractivity contribution is -0.697. The number of hydrogen-bond donors (Lipinski definition) is 0. The van der Waals surface area contributed by atoms with Crippen LogP contribution >= 0.6 is 0 Å². The smallest absolute Gasteiger partial charge is 0.169 e. The van der Waals surface area contributed by atoms with Gasteiger partial charge in [0.2, 0.25) is 0 Å². The number of hydrogen-bond acceptors (Lipinski definition) is 1. The topological polar surface area (TPSA) is 20.9 Å². The highest BCUT2D eigenvalue weighted by molar-refractivity contribution is 5.97. The predicted molar refractivity (Wildman–Crippen MR) is 85.3 cm³/mol. The predicted octanol–water partition coefficient (Wildman–Crippen LogP) is 3.98. The van der Waals surface area contributed by atoms with Crippen LogP contribution in [0.3, 0.4) is 0 Å². The Morgan fingerprint density at radius 2 is 1.67 bits per heavy atom. The summed E-state index contributed by atoms with van der Waals surface area (Å²) in [6.45, 7) is 3.26. The normalized spacial score (nSPS) is 10.5. The van der Waals surface area contributed by atoms with E-state index in [9.17, 15) is 4.79 Å². The minimum Gasteiger partial charge on any atom is -0.294 e. The van der Waals surface area contributed by atoms with Gasteiger partial charge in [-0.05, 0) is 12.0 Å². The summed E-state index contributed by atoms with van der Waals surface area (Å²) in [6, 6.07) is 13.8.